The molecule has 0 radical (unpaired) electrons. The number of unbranched alkanes of at least 4 members (excludes halogenated alkanes) is 1. The van der Waals surface area contributed by atoms with Crippen LogP contribution in [-0.4, -0.2) is 30.5 Å². The molecular formula is C23H25N3O3S. The Kier molecular flexibility index (Phi) is 7.57. The lowest BCUT2D eigenvalue weighted by Gasteiger charge is -2.12. The Morgan fingerprint density at radius 2 is 1.80 bits per heavy atom. The molecule has 156 valence electrons. The van der Waals surface area contributed by atoms with Gasteiger partial charge in [-0.3, -0.25) is 9.59 Å². The minimum atomic E-state index is -0.281. The Balaban J connectivity index is 1.53. The van der Waals surface area contributed by atoms with Gasteiger partial charge >= 0.3 is 0 Å². The first kappa shape index (κ1) is 21.5. The van der Waals surface area contributed by atoms with E-state index in [4.69, 9.17) is 4.74 Å². The molecule has 0 atom stereocenters. The normalized spacial score (nSPS) is 10.5. The van der Waals surface area contributed by atoms with Crippen LogP contribution in [0, 0.1) is 6.92 Å². The molecule has 0 spiro atoms. The molecule has 0 aliphatic heterocycles. The zero-order valence-electron chi connectivity index (χ0n) is 17.1. The maximum atomic E-state index is 12.6. The van der Waals surface area contributed by atoms with E-state index in [-0.39, 0.29) is 11.8 Å². The highest BCUT2D eigenvalue weighted by atomic mass is 32.1. The Morgan fingerprint density at radius 3 is 2.50 bits per heavy atom. The van der Waals surface area contributed by atoms with Crippen molar-refractivity contribution in [1.82, 2.24) is 10.3 Å². The fourth-order valence-corrected chi connectivity index (χ4v) is 3.76. The third kappa shape index (κ3) is 5.90. The number of anilines is 1. The van der Waals surface area contributed by atoms with Gasteiger partial charge in [0.2, 0.25) is 0 Å². The quantitative estimate of drug-likeness (QED) is 0.498. The number of benzene rings is 2. The van der Waals surface area contributed by atoms with Crippen molar-refractivity contribution in [2.45, 2.75) is 26.2 Å². The average Bonchev–Trinajstić information content (AvgIpc) is 3.18. The Hall–Kier alpha value is -3.19. The number of rotatable bonds is 9. The summed E-state index contributed by atoms with van der Waals surface area (Å²) in [6.45, 7) is 2.56. The number of hydrogen-bond acceptors (Lipinski definition) is 5. The number of aryl methyl sites for hydroxylation is 2. The summed E-state index contributed by atoms with van der Waals surface area (Å²) in [5, 5.41) is 8.94. The maximum Gasteiger partial charge on any atom is 0.255 e. The molecule has 0 fully saturated rings. The lowest BCUT2D eigenvalue weighted by atomic mass is 10.1. The van der Waals surface area contributed by atoms with Crippen LogP contribution in [-0.2, 0) is 6.42 Å². The number of nitrogens with one attached hydrogen (secondary N) is 2. The standard InChI is InChI=1S/C23H25N3O3S/c1-16-15-30-21(25-16)9-5-6-14-24-23(28)19-7-3-4-8-20(19)26-22(27)17-10-12-18(29-2)13-11-17/h3-4,7-8,10-13,15H,5-6,9,14H2,1-2H3,(H,24,28)(H,26,27). The first-order valence-electron chi connectivity index (χ1n) is 9.80. The van der Waals surface area contributed by atoms with Crippen molar-refractivity contribution in [3.63, 3.8) is 0 Å². The summed E-state index contributed by atoms with van der Waals surface area (Å²) >= 11 is 1.67. The molecule has 0 saturated heterocycles. The molecule has 2 amide bonds. The summed E-state index contributed by atoms with van der Waals surface area (Å²) < 4.78 is 5.11. The molecule has 2 N–H and O–H groups in total. The van der Waals surface area contributed by atoms with Crippen LogP contribution in [0.15, 0.2) is 53.9 Å². The number of hydrogen-bond donors (Lipinski definition) is 2. The van der Waals surface area contributed by atoms with Crippen LogP contribution in [0.4, 0.5) is 5.69 Å². The molecule has 0 unspecified atom stereocenters. The second-order valence-electron chi connectivity index (χ2n) is 6.82. The lowest BCUT2D eigenvalue weighted by Crippen LogP contribution is -2.26. The number of nitrogens with zero attached hydrogens (tertiary/aromatic N) is 1. The van der Waals surface area contributed by atoms with Gasteiger partial charge in [0, 0.05) is 23.2 Å². The van der Waals surface area contributed by atoms with Crippen LogP contribution >= 0.6 is 11.3 Å². The molecule has 1 aromatic heterocycles. The van der Waals surface area contributed by atoms with E-state index in [1.54, 1.807) is 67.0 Å². The lowest BCUT2D eigenvalue weighted by molar-refractivity contribution is 0.0954. The molecule has 0 saturated carbocycles. The predicted molar refractivity (Wildman–Crippen MR) is 120 cm³/mol. The highest BCUT2D eigenvalue weighted by Gasteiger charge is 2.14. The number of methoxy groups -OCH3 is 1. The summed E-state index contributed by atoms with van der Waals surface area (Å²) in [6, 6.07) is 13.8. The van der Waals surface area contributed by atoms with Crippen molar-refractivity contribution >= 4 is 28.8 Å². The molecule has 2 aromatic carbocycles. The van der Waals surface area contributed by atoms with Gasteiger partial charge in [-0.15, -0.1) is 11.3 Å². The van der Waals surface area contributed by atoms with Gasteiger partial charge in [0.1, 0.15) is 5.75 Å². The molecule has 3 aromatic rings. The fourth-order valence-electron chi connectivity index (χ4n) is 2.94. The first-order valence-corrected chi connectivity index (χ1v) is 10.7. The van der Waals surface area contributed by atoms with Crippen molar-refractivity contribution in [3.05, 3.63) is 75.7 Å². The molecule has 30 heavy (non-hydrogen) atoms. The van der Waals surface area contributed by atoms with Gasteiger partial charge in [0.05, 0.1) is 23.4 Å². The van der Waals surface area contributed by atoms with E-state index in [2.05, 4.69) is 15.6 Å². The largest absolute Gasteiger partial charge is 0.497 e. The Bertz CT molecular complexity index is 999. The van der Waals surface area contributed by atoms with Crippen LogP contribution in [0.3, 0.4) is 0 Å². The number of aromatic nitrogens is 1. The highest BCUT2D eigenvalue weighted by Crippen LogP contribution is 2.18. The van der Waals surface area contributed by atoms with E-state index in [1.807, 2.05) is 12.3 Å². The zero-order chi connectivity index (χ0) is 21.3. The highest BCUT2D eigenvalue weighted by molar-refractivity contribution is 7.09. The molecular weight excluding hydrogens is 398 g/mol. The molecule has 7 heteroatoms. The van der Waals surface area contributed by atoms with Gasteiger partial charge in [-0.05, 0) is 62.6 Å². The molecule has 6 nitrogen and oxygen atoms in total. The van der Waals surface area contributed by atoms with Gasteiger partial charge in [-0.2, -0.15) is 0 Å². The minimum Gasteiger partial charge on any atom is -0.497 e. The summed E-state index contributed by atoms with van der Waals surface area (Å²) in [7, 11) is 1.57. The van der Waals surface area contributed by atoms with Crippen molar-refractivity contribution < 1.29 is 14.3 Å². The van der Waals surface area contributed by atoms with E-state index >= 15 is 0 Å². The van der Waals surface area contributed by atoms with Crippen molar-refractivity contribution in [1.29, 1.82) is 0 Å². The number of carbonyl (C=O) groups is 2. The van der Waals surface area contributed by atoms with E-state index < -0.39 is 0 Å². The SMILES string of the molecule is COc1ccc(C(=O)Nc2ccccc2C(=O)NCCCCc2nc(C)cs2)cc1. The number of thiazole rings is 1. The van der Waals surface area contributed by atoms with Crippen LogP contribution in [0.25, 0.3) is 0 Å². The molecule has 0 aliphatic carbocycles. The smallest absolute Gasteiger partial charge is 0.255 e. The number of para-hydroxylation sites is 1. The number of amides is 2. The van der Waals surface area contributed by atoms with Crippen LogP contribution < -0.4 is 15.4 Å². The minimum absolute atomic E-state index is 0.203. The van der Waals surface area contributed by atoms with Gasteiger partial charge in [-0.1, -0.05) is 12.1 Å². The number of carbonyl (C=O) groups excluding carboxylic acids is 2. The Labute approximate surface area is 180 Å². The molecule has 0 bridgehead atoms. The maximum absolute atomic E-state index is 12.6. The van der Waals surface area contributed by atoms with Gasteiger partial charge < -0.3 is 15.4 Å². The summed E-state index contributed by atoms with van der Waals surface area (Å²) in [4.78, 5) is 29.6. The molecule has 0 aliphatic rings. The van der Waals surface area contributed by atoms with Gasteiger partial charge in [-0.25, -0.2) is 4.98 Å². The average molecular weight is 424 g/mol. The second kappa shape index (κ2) is 10.5. The van der Waals surface area contributed by atoms with Crippen LogP contribution in [0.5, 0.6) is 5.75 Å². The van der Waals surface area contributed by atoms with Crippen molar-refractivity contribution in [2.24, 2.45) is 0 Å². The van der Waals surface area contributed by atoms with E-state index in [9.17, 15) is 9.59 Å². The molecule has 1 heterocycles. The summed E-state index contributed by atoms with van der Waals surface area (Å²) in [6.07, 6.45) is 2.75. The first-order chi connectivity index (χ1) is 14.6. The third-order valence-corrected chi connectivity index (χ3v) is 5.57. The van der Waals surface area contributed by atoms with Gasteiger partial charge in [0.25, 0.3) is 11.8 Å². The third-order valence-electron chi connectivity index (χ3n) is 4.54. The summed E-state index contributed by atoms with van der Waals surface area (Å²) in [5.74, 6) is 0.193. The van der Waals surface area contributed by atoms with Crippen LogP contribution in [0.2, 0.25) is 0 Å². The summed E-state index contributed by atoms with van der Waals surface area (Å²) in [5.41, 5.74) is 2.46. The van der Waals surface area contributed by atoms with Crippen molar-refractivity contribution in [3.8, 4) is 5.75 Å². The molecule has 3 rings (SSSR count). The van der Waals surface area contributed by atoms with E-state index in [1.165, 1.54) is 0 Å². The predicted octanol–water partition coefficient (Wildman–Crippen LogP) is 4.47. The number of ether oxygens (including phenoxy) is 1. The topological polar surface area (TPSA) is 80.3 Å². The Morgan fingerprint density at radius 1 is 1.03 bits per heavy atom. The van der Waals surface area contributed by atoms with E-state index in [0.29, 0.717) is 29.1 Å². The second-order valence-corrected chi connectivity index (χ2v) is 7.77. The zero-order valence-corrected chi connectivity index (χ0v) is 17.9. The van der Waals surface area contributed by atoms with E-state index in [0.717, 1.165) is 30.0 Å². The fraction of sp³-hybridized carbons (Fsp3) is 0.261. The monoisotopic (exact) mass is 423 g/mol. The van der Waals surface area contributed by atoms with Crippen molar-refractivity contribution in [2.75, 3.05) is 19.0 Å². The van der Waals surface area contributed by atoms with Gasteiger partial charge in [0.15, 0.2) is 0 Å². The van der Waals surface area contributed by atoms with Crippen LogP contribution in [0.1, 0.15) is 44.3 Å².